The van der Waals surface area contributed by atoms with E-state index in [-0.39, 0.29) is 16.6 Å². The van der Waals surface area contributed by atoms with Gasteiger partial charge in [0.05, 0.1) is 11.9 Å². The van der Waals surface area contributed by atoms with E-state index < -0.39 is 0 Å². The van der Waals surface area contributed by atoms with E-state index in [9.17, 15) is 4.79 Å². The van der Waals surface area contributed by atoms with E-state index in [0.29, 0.717) is 5.69 Å². The lowest BCUT2D eigenvalue weighted by molar-refractivity contribution is 0.526. The summed E-state index contributed by atoms with van der Waals surface area (Å²) in [4.78, 5) is 18.5. The van der Waals surface area contributed by atoms with Crippen molar-refractivity contribution < 1.29 is 0 Å². The topological polar surface area (TPSA) is 63.1 Å². The summed E-state index contributed by atoms with van der Waals surface area (Å²) in [7, 11) is 1.58. The van der Waals surface area contributed by atoms with Crippen LogP contribution in [0.4, 0.5) is 11.5 Å². The highest BCUT2D eigenvalue weighted by Gasteiger charge is 2.22. The fourth-order valence-corrected chi connectivity index (χ4v) is 2.90. The molecular formula is C15H18ClN5O. The van der Waals surface area contributed by atoms with Gasteiger partial charge in [-0.3, -0.25) is 4.79 Å². The second-order valence-corrected chi connectivity index (χ2v) is 5.80. The first kappa shape index (κ1) is 14.8. The smallest absolute Gasteiger partial charge is 0.287 e. The average molecular weight is 320 g/mol. The van der Waals surface area contributed by atoms with Gasteiger partial charge in [-0.15, -0.1) is 0 Å². The van der Waals surface area contributed by atoms with Gasteiger partial charge in [0.2, 0.25) is 0 Å². The number of pyridine rings is 1. The molecule has 0 aliphatic carbocycles. The fourth-order valence-electron chi connectivity index (χ4n) is 2.68. The summed E-state index contributed by atoms with van der Waals surface area (Å²) in [6.07, 6.45) is 5.48. The van der Waals surface area contributed by atoms with Crippen LogP contribution < -0.4 is 15.8 Å². The van der Waals surface area contributed by atoms with Crippen LogP contribution in [0.1, 0.15) is 12.8 Å². The van der Waals surface area contributed by atoms with Crippen molar-refractivity contribution in [2.75, 3.05) is 23.3 Å². The molecule has 2 aromatic rings. The lowest BCUT2D eigenvalue weighted by Gasteiger charge is -2.34. The van der Waals surface area contributed by atoms with Crippen molar-refractivity contribution in [1.82, 2.24) is 14.8 Å². The van der Waals surface area contributed by atoms with Gasteiger partial charge in [-0.1, -0.05) is 17.7 Å². The maximum Gasteiger partial charge on any atom is 0.287 e. The van der Waals surface area contributed by atoms with Crippen LogP contribution in [0, 0.1) is 0 Å². The molecular weight excluding hydrogens is 302 g/mol. The van der Waals surface area contributed by atoms with Gasteiger partial charge in [-0.25, -0.2) is 9.67 Å². The van der Waals surface area contributed by atoms with Crippen LogP contribution in [0.15, 0.2) is 35.4 Å². The molecule has 1 aliphatic heterocycles. The number of nitrogens with zero attached hydrogens (tertiary/aromatic N) is 4. The Hall–Kier alpha value is -2.08. The molecule has 1 atom stereocenters. The van der Waals surface area contributed by atoms with Crippen LogP contribution in [0.2, 0.25) is 5.02 Å². The first-order valence-corrected chi connectivity index (χ1v) is 7.67. The van der Waals surface area contributed by atoms with Crippen molar-refractivity contribution in [3.8, 4) is 0 Å². The molecule has 6 nitrogen and oxygen atoms in total. The fraction of sp³-hybridized carbons (Fsp3) is 0.400. The molecule has 0 saturated carbocycles. The maximum atomic E-state index is 11.8. The summed E-state index contributed by atoms with van der Waals surface area (Å²) >= 11 is 6.11. The number of hydrogen-bond acceptors (Lipinski definition) is 5. The monoisotopic (exact) mass is 319 g/mol. The Labute approximate surface area is 133 Å². The Bertz CT molecular complexity index is 703. The maximum absolute atomic E-state index is 11.8. The van der Waals surface area contributed by atoms with Gasteiger partial charge in [0.25, 0.3) is 5.56 Å². The molecule has 1 saturated heterocycles. The number of aromatic nitrogens is 3. The van der Waals surface area contributed by atoms with Crippen LogP contribution in [0.5, 0.6) is 0 Å². The Morgan fingerprint density at radius 3 is 3.05 bits per heavy atom. The van der Waals surface area contributed by atoms with Crippen molar-refractivity contribution in [3.05, 3.63) is 46.0 Å². The van der Waals surface area contributed by atoms with E-state index in [1.54, 1.807) is 19.4 Å². The summed E-state index contributed by atoms with van der Waals surface area (Å²) < 4.78 is 1.23. The Morgan fingerprint density at radius 2 is 2.27 bits per heavy atom. The minimum Gasteiger partial charge on any atom is -0.378 e. The lowest BCUT2D eigenvalue weighted by Crippen LogP contribution is -2.42. The highest BCUT2D eigenvalue weighted by Crippen LogP contribution is 2.22. The van der Waals surface area contributed by atoms with Crippen molar-refractivity contribution in [2.45, 2.75) is 18.9 Å². The molecule has 0 amide bonds. The van der Waals surface area contributed by atoms with Crippen molar-refractivity contribution in [3.63, 3.8) is 0 Å². The van der Waals surface area contributed by atoms with E-state index in [2.05, 4.69) is 20.3 Å². The molecule has 0 radical (unpaired) electrons. The number of rotatable bonds is 3. The first-order valence-electron chi connectivity index (χ1n) is 7.29. The molecule has 22 heavy (non-hydrogen) atoms. The number of piperidine rings is 1. The van der Waals surface area contributed by atoms with E-state index in [1.807, 2.05) is 18.2 Å². The number of anilines is 2. The average Bonchev–Trinajstić information content (AvgIpc) is 2.57. The molecule has 2 aromatic heterocycles. The van der Waals surface area contributed by atoms with Crippen LogP contribution in [-0.2, 0) is 7.05 Å². The zero-order chi connectivity index (χ0) is 15.5. The van der Waals surface area contributed by atoms with Gasteiger partial charge < -0.3 is 10.2 Å². The summed E-state index contributed by atoms with van der Waals surface area (Å²) in [6, 6.07) is 6.12. The molecule has 1 fully saturated rings. The SMILES string of the molecule is Cn1ncc(NC2CCCN(c3ccccn3)C2)c(Cl)c1=O. The highest BCUT2D eigenvalue weighted by molar-refractivity contribution is 6.32. The Morgan fingerprint density at radius 1 is 1.41 bits per heavy atom. The third-order valence-corrected chi connectivity index (χ3v) is 4.20. The summed E-state index contributed by atoms with van der Waals surface area (Å²) in [6.45, 7) is 1.81. The molecule has 7 heteroatoms. The third kappa shape index (κ3) is 3.06. The molecule has 3 heterocycles. The van der Waals surface area contributed by atoms with Crippen LogP contribution in [-0.4, -0.2) is 33.9 Å². The minimum absolute atomic E-state index is 0.187. The summed E-state index contributed by atoms with van der Waals surface area (Å²) in [5.74, 6) is 0.974. The lowest BCUT2D eigenvalue weighted by atomic mass is 10.1. The number of hydrogen-bond donors (Lipinski definition) is 1. The van der Waals surface area contributed by atoms with E-state index in [4.69, 9.17) is 11.6 Å². The quantitative estimate of drug-likeness (QED) is 0.936. The molecule has 1 N–H and O–H groups in total. The molecule has 116 valence electrons. The molecule has 0 spiro atoms. The predicted octanol–water partition coefficient (Wildman–Crippen LogP) is 1.91. The normalized spacial score (nSPS) is 18.3. The van der Waals surface area contributed by atoms with Gasteiger partial charge >= 0.3 is 0 Å². The van der Waals surface area contributed by atoms with Crippen LogP contribution in [0.3, 0.4) is 0 Å². The van der Waals surface area contributed by atoms with Gasteiger partial charge in [0.15, 0.2) is 0 Å². The minimum atomic E-state index is -0.288. The number of nitrogens with one attached hydrogen (secondary N) is 1. The van der Waals surface area contributed by atoms with Crippen LogP contribution in [0.25, 0.3) is 0 Å². The summed E-state index contributed by atoms with van der Waals surface area (Å²) in [5.41, 5.74) is 0.307. The highest BCUT2D eigenvalue weighted by atomic mass is 35.5. The Balaban J connectivity index is 1.73. The second kappa shape index (κ2) is 6.36. The molecule has 3 rings (SSSR count). The molecule has 0 aromatic carbocycles. The zero-order valence-corrected chi connectivity index (χ0v) is 13.1. The van der Waals surface area contributed by atoms with Gasteiger partial charge in [0.1, 0.15) is 10.8 Å². The van der Waals surface area contributed by atoms with Gasteiger partial charge in [-0.2, -0.15) is 5.10 Å². The number of halogens is 1. The largest absolute Gasteiger partial charge is 0.378 e. The van der Waals surface area contributed by atoms with E-state index in [0.717, 1.165) is 31.7 Å². The second-order valence-electron chi connectivity index (χ2n) is 5.42. The van der Waals surface area contributed by atoms with Crippen molar-refractivity contribution in [2.24, 2.45) is 7.05 Å². The summed E-state index contributed by atoms with van der Waals surface area (Å²) in [5, 5.41) is 7.54. The first-order chi connectivity index (χ1) is 10.6. The van der Waals surface area contributed by atoms with E-state index >= 15 is 0 Å². The van der Waals surface area contributed by atoms with Crippen LogP contribution >= 0.6 is 11.6 Å². The van der Waals surface area contributed by atoms with Gasteiger partial charge in [-0.05, 0) is 25.0 Å². The predicted molar refractivity (Wildman–Crippen MR) is 87.6 cm³/mol. The molecule has 1 aliphatic rings. The van der Waals surface area contributed by atoms with Gasteiger partial charge in [0, 0.05) is 32.4 Å². The van der Waals surface area contributed by atoms with Crippen molar-refractivity contribution in [1.29, 1.82) is 0 Å². The molecule has 1 unspecified atom stereocenters. The van der Waals surface area contributed by atoms with E-state index in [1.165, 1.54) is 4.68 Å². The Kier molecular flexibility index (Phi) is 4.29. The third-order valence-electron chi connectivity index (χ3n) is 3.83. The van der Waals surface area contributed by atoms with Crippen molar-refractivity contribution >= 4 is 23.1 Å². The number of aryl methyl sites for hydroxylation is 1. The molecule has 0 bridgehead atoms. The standard InChI is InChI=1S/C15H18ClN5O/c1-20-15(22)14(16)12(9-18-20)19-11-5-4-8-21(10-11)13-6-2-3-7-17-13/h2-3,6-7,9,11,19H,4-5,8,10H2,1H3. The zero-order valence-electron chi connectivity index (χ0n) is 12.4.